The molecule has 7 nitrogen and oxygen atoms in total. The summed E-state index contributed by atoms with van der Waals surface area (Å²) in [6, 6.07) is 14.0. The Morgan fingerprint density at radius 3 is 2.44 bits per heavy atom. The van der Waals surface area contributed by atoms with Crippen molar-refractivity contribution in [2.24, 2.45) is 0 Å². The maximum Gasteiger partial charge on any atom is 0.501 e. The van der Waals surface area contributed by atoms with E-state index in [-0.39, 0.29) is 33.3 Å². The number of rotatable bonds is 5. The first-order valence-electron chi connectivity index (χ1n) is 10.3. The lowest BCUT2D eigenvalue weighted by Gasteiger charge is -2.13. The monoisotopic (exact) mass is 533 g/mol. The minimum atomic E-state index is -5.87. The number of nitrogens with zero attached hydrogens (tertiary/aromatic N) is 2. The number of hydrogen-bond donors (Lipinski definition) is 1. The fourth-order valence-electron chi connectivity index (χ4n) is 3.40. The van der Waals surface area contributed by atoms with E-state index in [1.54, 1.807) is 6.07 Å². The number of carbonyl (C=O) groups excluding carboxylic acids is 1. The van der Waals surface area contributed by atoms with Gasteiger partial charge in [0.25, 0.3) is 15.7 Å². The molecule has 0 spiro atoms. The molecule has 4 aromatic rings. The van der Waals surface area contributed by atoms with Crippen molar-refractivity contribution < 1.29 is 30.8 Å². The molecule has 0 aliphatic rings. The van der Waals surface area contributed by atoms with E-state index in [2.05, 4.69) is 10.3 Å². The van der Waals surface area contributed by atoms with E-state index >= 15 is 0 Å². The van der Waals surface area contributed by atoms with Crippen LogP contribution in [0.2, 0.25) is 5.02 Å². The second kappa shape index (κ2) is 9.29. The third-order valence-electron chi connectivity index (χ3n) is 5.26. The molecule has 0 aliphatic heterocycles. The Bertz CT molecular complexity index is 1640. The smallest absolute Gasteiger partial charge is 0.435 e. The third-order valence-corrected chi connectivity index (χ3v) is 7.08. The average Bonchev–Trinajstić information content (AvgIpc) is 3.27. The van der Waals surface area contributed by atoms with Crippen LogP contribution in [-0.4, -0.2) is 24.8 Å². The summed E-state index contributed by atoms with van der Waals surface area (Å²) in [6.07, 6.45) is 0.853. The number of carbonyl (C=O) groups is 1. The number of anilines is 1. The van der Waals surface area contributed by atoms with Crippen LogP contribution in [0.5, 0.6) is 0 Å². The normalized spacial score (nSPS) is 11.9. The molecule has 1 aromatic heterocycles. The molecule has 0 fully saturated rings. The van der Waals surface area contributed by atoms with Crippen LogP contribution >= 0.6 is 11.6 Å². The molecule has 1 N–H and O–H groups in total. The molecular weight excluding hydrogens is 519 g/mol. The second-order valence-corrected chi connectivity index (χ2v) is 9.92. The summed E-state index contributed by atoms with van der Waals surface area (Å²) in [5, 5.41) is 11.5. The quantitative estimate of drug-likeness (QED) is 0.330. The van der Waals surface area contributed by atoms with Crippen LogP contribution in [0.4, 0.5) is 18.9 Å². The number of halogens is 4. The summed E-state index contributed by atoms with van der Waals surface area (Å²) in [5.74, 6) is -0.928. The van der Waals surface area contributed by atoms with E-state index in [1.807, 2.05) is 31.2 Å². The minimum Gasteiger partial charge on any atom is -0.435 e. The molecule has 12 heteroatoms. The van der Waals surface area contributed by atoms with Gasteiger partial charge in [0.15, 0.2) is 5.58 Å². The van der Waals surface area contributed by atoms with Crippen LogP contribution in [0.15, 0.2) is 63.9 Å². The van der Waals surface area contributed by atoms with Crippen molar-refractivity contribution in [2.45, 2.75) is 23.7 Å². The third kappa shape index (κ3) is 4.65. The Labute approximate surface area is 208 Å². The number of fused-ring (bicyclic) bond motifs is 1. The molecule has 4 rings (SSSR count). The van der Waals surface area contributed by atoms with Crippen molar-refractivity contribution >= 4 is 44.1 Å². The van der Waals surface area contributed by atoms with Gasteiger partial charge < -0.3 is 9.73 Å². The molecule has 1 amide bonds. The SMILES string of the molecule is CCc1ccc(-c2nc3cc(NC(=O)c4cc(C#N)ccc4S(=O)(=O)C(F)(F)F)cc(Cl)c3o2)cc1. The number of amides is 1. The molecule has 0 saturated heterocycles. The molecule has 0 bridgehead atoms. The molecule has 36 heavy (non-hydrogen) atoms. The van der Waals surface area contributed by atoms with Gasteiger partial charge in [0.1, 0.15) is 5.52 Å². The molecule has 0 unspecified atom stereocenters. The van der Waals surface area contributed by atoms with Gasteiger partial charge >= 0.3 is 5.51 Å². The second-order valence-electron chi connectivity index (χ2n) is 7.60. The summed E-state index contributed by atoms with van der Waals surface area (Å²) < 4.78 is 69.2. The number of nitrogens with one attached hydrogen (secondary N) is 1. The van der Waals surface area contributed by atoms with E-state index in [4.69, 9.17) is 21.3 Å². The highest BCUT2D eigenvalue weighted by Crippen LogP contribution is 2.35. The summed E-state index contributed by atoms with van der Waals surface area (Å²) >= 11 is 6.28. The number of benzene rings is 3. The molecule has 0 radical (unpaired) electrons. The van der Waals surface area contributed by atoms with Gasteiger partial charge in [-0.15, -0.1) is 0 Å². The summed E-state index contributed by atoms with van der Waals surface area (Å²) in [6.45, 7) is 2.02. The van der Waals surface area contributed by atoms with Gasteiger partial charge in [-0.2, -0.15) is 18.4 Å². The van der Waals surface area contributed by atoms with E-state index in [0.717, 1.165) is 24.1 Å². The molecule has 3 aromatic carbocycles. The zero-order chi connectivity index (χ0) is 26.3. The van der Waals surface area contributed by atoms with Crippen LogP contribution in [0.25, 0.3) is 22.6 Å². The Kier molecular flexibility index (Phi) is 6.51. The number of aromatic nitrogens is 1. The van der Waals surface area contributed by atoms with Crippen LogP contribution in [0.3, 0.4) is 0 Å². The van der Waals surface area contributed by atoms with Gasteiger partial charge in [0.05, 0.1) is 27.1 Å². The molecule has 0 atom stereocenters. The Morgan fingerprint density at radius 2 is 1.83 bits per heavy atom. The highest BCUT2D eigenvalue weighted by molar-refractivity contribution is 7.92. The first kappa shape index (κ1) is 25.2. The summed E-state index contributed by atoms with van der Waals surface area (Å²) in [7, 11) is -5.87. The van der Waals surface area contributed by atoms with Gasteiger partial charge in [0.2, 0.25) is 5.89 Å². The van der Waals surface area contributed by atoms with E-state index in [1.165, 1.54) is 12.1 Å². The Hall–Kier alpha value is -3.88. The molecular formula is C24H15ClF3N3O4S. The summed E-state index contributed by atoms with van der Waals surface area (Å²) in [4.78, 5) is 16.0. The van der Waals surface area contributed by atoms with Crippen molar-refractivity contribution in [1.82, 2.24) is 4.98 Å². The molecule has 0 aliphatic carbocycles. The fourth-order valence-corrected chi connectivity index (χ4v) is 4.60. The van der Waals surface area contributed by atoms with Crippen molar-refractivity contribution in [3.05, 3.63) is 76.3 Å². The predicted octanol–water partition coefficient (Wildman–Crippen LogP) is 6.13. The highest BCUT2D eigenvalue weighted by Gasteiger charge is 2.48. The zero-order valence-corrected chi connectivity index (χ0v) is 19.9. The van der Waals surface area contributed by atoms with E-state index < -0.39 is 31.7 Å². The van der Waals surface area contributed by atoms with Crippen LogP contribution in [-0.2, 0) is 16.3 Å². The van der Waals surface area contributed by atoms with Gasteiger partial charge in [0, 0.05) is 11.3 Å². The first-order valence-corrected chi connectivity index (χ1v) is 12.2. The first-order chi connectivity index (χ1) is 16.9. The summed E-state index contributed by atoms with van der Waals surface area (Å²) in [5.41, 5.74) is -4.41. The van der Waals surface area contributed by atoms with Gasteiger partial charge in [-0.25, -0.2) is 13.4 Å². The van der Waals surface area contributed by atoms with Crippen LogP contribution in [0.1, 0.15) is 28.4 Å². The van der Waals surface area contributed by atoms with Gasteiger partial charge in [-0.3, -0.25) is 4.79 Å². The molecule has 0 saturated carbocycles. The van der Waals surface area contributed by atoms with Gasteiger partial charge in [-0.05, 0) is 54.4 Å². The maximum atomic E-state index is 13.2. The largest absolute Gasteiger partial charge is 0.501 e. The molecule has 1 heterocycles. The zero-order valence-electron chi connectivity index (χ0n) is 18.4. The number of alkyl halides is 3. The Morgan fingerprint density at radius 1 is 1.14 bits per heavy atom. The van der Waals surface area contributed by atoms with Crippen molar-refractivity contribution in [2.75, 3.05) is 5.32 Å². The average molecular weight is 534 g/mol. The highest BCUT2D eigenvalue weighted by atomic mass is 35.5. The number of hydrogen-bond acceptors (Lipinski definition) is 6. The minimum absolute atomic E-state index is 0.0244. The van der Waals surface area contributed by atoms with Crippen LogP contribution in [0, 0.1) is 11.3 Å². The lowest BCUT2D eigenvalue weighted by molar-refractivity contribution is -0.0436. The lowest BCUT2D eigenvalue weighted by Crippen LogP contribution is -2.26. The Balaban J connectivity index is 1.72. The molecule has 184 valence electrons. The lowest BCUT2D eigenvalue weighted by atomic mass is 10.1. The maximum absolute atomic E-state index is 13.2. The van der Waals surface area contributed by atoms with Crippen molar-refractivity contribution in [3.63, 3.8) is 0 Å². The van der Waals surface area contributed by atoms with E-state index in [0.29, 0.717) is 11.6 Å². The number of sulfone groups is 1. The standard InChI is InChI=1S/C24H15ClF3N3O4S/c1-2-13-3-6-15(7-4-13)23-31-19-11-16(10-18(25)21(19)35-23)30-22(32)17-9-14(12-29)5-8-20(17)36(33,34)24(26,27)28/h3-11H,2H2,1H3,(H,30,32). The number of oxazole rings is 1. The number of aryl methyl sites for hydroxylation is 1. The topological polar surface area (TPSA) is 113 Å². The van der Waals surface area contributed by atoms with Crippen molar-refractivity contribution in [3.8, 4) is 17.5 Å². The van der Waals surface area contributed by atoms with Crippen LogP contribution < -0.4 is 5.32 Å². The predicted molar refractivity (Wildman–Crippen MR) is 126 cm³/mol. The van der Waals surface area contributed by atoms with E-state index in [9.17, 15) is 26.4 Å². The van der Waals surface area contributed by atoms with Gasteiger partial charge in [-0.1, -0.05) is 30.7 Å². The number of nitriles is 1. The van der Waals surface area contributed by atoms with Crippen molar-refractivity contribution in [1.29, 1.82) is 5.26 Å². The fraction of sp³-hybridized carbons (Fsp3) is 0.125.